The van der Waals surface area contributed by atoms with E-state index < -0.39 is 0 Å². The highest BCUT2D eigenvalue weighted by molar-refractivity contribution is 6.30. The SMILES string of the molecule is COC1CCN(c2ccc(Cn3cc(C(=O)NCc4cc(Cl)ccc4-n4cnnn4)cn3)c(C)n2)CC1. The molecule has 1 aromatic carbocycles. The van der Waals surface area contributed by atoms with Crippen molar-refractivity contribution in [2.24, 2.45) is 0 Å². The first-order chi connectivity index (χ1) is 18.0. The highest BCUT2D eigenvalue weighted by atomic mass is 35.5. The molecule has 1 aliphatic rings. The first kappa shape index (κ1) is 24.8. The van der Waals surface area contributed by atoms with Crippen LogP contribution in [-0.2, 0) is 17.8 Å². The van der Waals surface area contributed by atoms with Gasteiger partial charge in [0.25, 0.3) is 5.91 Å². The number of benzene rings is 1. The van der Waals surface area contributed by atoms with E-state index in [-0.39, 0.29) is 12.5 Å². The number of halogens is 1. The van der Waals surface area contributed by atoms with E-state index in [1.807, 2.05) is 13.0 Å². The number of nitrogens with zero attached hydrogens (tertiary/aromatic N) is 8. The van der Waals surface area contributed by atoms with E-state index >= 15 is 0 Å². The van der Waals surface area contributed by atoms with Crippen molar-refractivity contribution >= 4 is 23.3 Å². The molecule has 37 heavy (non-hydrogen) atoms. The van der Waals surface area contributed by atoms with Gasteiger partial charge in [-0.05, 0) is 65.6 Å². The second-order valence-electron chi connectivity index (χ2n) is 8.97. The van der Waals surface area contributed by atoms with Gasteiger partial charge in [0.2, 0.25) is 0 Å². The predicted molar refractivity (Wildman–Crippen MR) is 138 cm³/mol. The minimum absolute atomic E-state index is 0.237. The maximum absolute atomic E-state index is 12.8. The van der Waals surface area contributed by atoms with Crippen molar-refractivity contribution < 1.29 is 9.53 Å². The molecule has 12 heteroatoms. The number of hydrogen-bond acceptors (Lipinski definition) is 8. The van der Waals surface area contributed by atoms with Crippen LogP contribution in [0.3, 0.4) is 0 Å². The van der Waals surface area contributed by atoms with Gasteiger partial charge in [-0.15, -0.1) is 5.10 Å². The third kappa shape index (κ3) is 5.78. The molecule has 4 aromatic rings. The van der Waals surface area contributed by atoms with Gasteiger partial charge in [-0.3, -0.25) is 9.48 Å². The summed E-state index contributed by atoms with van der Waals surface area (Å²) in [5.74, 6) is 0.747. The Balaban J connectivity index is 1.21. The fraction of sp³-hybridized carbons (Fsp3) is 0.360. The maximum atomic E-state index is 12.8. The molecule has 1 N–H and O–H groups in total. The molecule has 0 unspecified atom stereocenters. The Labute approximate surface area is 219 Å². The zero-order valence-electron chi connectivity index (χ0n) is 20.7. The van der Waals surface area contributed by atoms with Crippen molar-refractivity contribution in [1.82, 2.24) is 40.3 Å². The summed E-state index contributed by atoms with van der Waals surface area (Å²) in [6.07, 6.45) is 7.14. The molecule has 4 heterocycles. The molecule has 0 radical (unpaired) electrons. The van der Waals surface area contributed by atoms with Crippen LogP contribution in [0.25, 0.3) is 5.69 Å². The first-order valence-corrected chi connectivity index (χ1v) is 12.4. The lowest BCUT2D eigenvalue weighted by Crippen LogP contribution is -2.37. The fourth-order valence-electron chi connectivity index (χ4n) is 4.45. The lowest BCUT2D eigenvalue weighted by Gasteiger charge is -2.32. The number of rotatable bonds is 8. The molecule has 1 amide bonds. The Kier molecular flexibility index (Phi) is 7.42. The van der Waals surface area contributed by atoms with Gasteiger partial charge in [0.05, 0.1) is 30.1 Å². The second-order valence-corrected chi connectivity index (χ2v) is 9.41. The standard InChI is InChI=1S/C25H28ClN9O2/c1-17-18(3-6-24(30-17)33-9-7-22(37-2)8-10-33)14-34-15-20(13-29-34)25(36)27-12-19-11-21(26)4-5-23(19)35-16-28-31-32-35/h3-6,11,13,15-16,22H,7-10,12,14H2,1-2H3,(H,27,36). The predicted octanol–water partition coefficient (Wildman–Crippen LogP) is 2.81. The number of tetrazole rings is 1. The lowest BCUT2D eigenvalue weighted by molar-refractivity contribution is 0.0818. The van der Waals surface area contributed by atoms with Crippen LogP contribution in [0.2, 0.25) is 5.02 Å². The number of ether oxygens (including phenoxy) is 1. The molecule has 192 valence electrons. The Morgan fingerprint density at radius 2 is 2.03 bits per heavy atom. The molecule has 1 fully saturated rings. The lowest BCUT2D eigenvalue weighted by atomic mass is 10.1. The number of aromatic nitrogens is 7. The van der Waals surface area contributed by atoms with Crippen LogP contribution in [0.4, 0.5) is 5.82 Å². The van der Waals surface area contributed by atoms with Crippen molar-refractivity contribution in [3.63, 3.8) is 0 Å². The van der Waals surface area contributed by atoms with Gasteiger partial charge in [0.15, 0.2) is 0 Å². The smallest absolute Gasteiger partial charge is 0.254 e. The summed E-state index contributed by atoms with van der Waals surface area (Å²) >= 11 is 6.17. The number of amides is 1. The van der Waals surface area contributed by atoms with Crippen molar-refractivity contribution in [3.05, 3.63) is 76.5 Å². The van der Waals surface area contributed by atoms with Crippen LogP contribution in [0.5, 0.6) is 0 Å². The minimum Gasteiger partial charge on any atom is -0.381 e. The van der Waals surface area contributed by atoms with Crippen LogP contribution in [0.1, 0.15) is 40.0 Å². The van der Waals surface area contributed by atoms with Crippen molar-refractivity contribution in [1.29, 1.82) is 0 Å². The molecule has 0 saturated carbocycles. The van der Waals surface area contributed by atoms with Crippen LogP contribution in [0.15, 0.2) is 49.1 Å². The maximum Gasteiger partial charge on any atom is 0.254 e. The molecule has 3 aromatic heterocycles. The first-order valence-electron chi connectivity index (χ1n) is 12.1. The van der Waals surface area contributed by atoms with Gasteiger partial charge >= 0.3 is 0 Å². The van der Waals surface area contributed by atoms with Crippen molar-refractivity contribution in [3.8, 4) is 5.69 Å². The van der Waals surface area contributed by atoms with Crippen LogP contribution < -0.4 is 10.2 Å². The Hall–Kier alpha value is -3.83. The zero-order valence-corrected chi connectivity index (χ0v) is 21.5. The number of carbonyl (C=O) groups is 1. The zero-order chi connectivity index (χ0) is 25.8. The number of aryl methyl sites for hydroxylation is 1. The summed E-state index contributed by atoms with van der Waals surface area (Å²) in [6.45, 7) is 4.66. The molecule has 5 rings (SSSR count). The van der Waals surface area contributed by atoms with E-state index in [0.717, 1.165) is 54.3 Å². The number of carbonyl (C=O) groups excluding carboxylic acids is 1. The molecule has 1 saturated heterocycles. The molecular weight excluding hydrogens is 494 g/mol. The Bertz CT molecular complexity index is 1360. The molecule has 0 aliphatic carbocycles. The molecule has 1 aliphatic heterocycles. The van der Waals surface area contributed by atoms with Crippen molar-refractivity contribution in [2.75, 3.05) is 25.1 Å². The Morgan fingerprint density at radius 3 is 2.76 bits per heavy atom. The highest BCUT2D eigenvalue weighted by Crippen LogP contribution is 2.22. The minimum atomic E-state index is -0.237. The number of nitrogens with one attached hydrogen (secondary N) is 1. The van der Waals surface area contributed by atoms with Gasteiger partial charge in [0.1, 0.15) is 12.1 Å². The van der Waals surface area contributed by atoms with E-state index in [9.17, 15) is 4.79 Å². The number of piperidine rings is 1. The van der Waals surface area contributed by atoms with Crippen molar-refractivity contribution in [2.45, 2.75) is 39.0 Å². The summed E-state index contributed by atoms with van der Waals surface area (Å²) in [6, 6.07) is 9.48. The van der Waals surface area contributed by atoms with E-state index in [2.05, 4.69) is 43.0 Å². The summed E-state index contributed by atoms with van der Waals surface area (Å²) < 4.78 is 8.74. The second kappa shape index (κ2) is 11.1. The summed E-state index contributed by atoms with van der Waals surface area (Å²) in [4.78, 5) is 19.9. The summed E-state index contributed by atoms with van der Waals surface area (Å²) in [5, 5.41) is 19.1. The monoisotopic (exact) mass is 521 g/mol. The average molecular weight is 522 g/mol. The van der Waals surface area contributed by atoms with E-state index in [0.29, 0.717) is 23.2 Å². The van der Waals surface area contributed by atoms with Crippen LogP contribution in [-0.4, -0.2) is 67.2 Å². The number of hydrogen-bond donors (Lipinski definition) is 1. The fourth-order valence-corrected chi connectivity index (χ4v) is 4.65. The van der Waals surface area contributed by atoms with Gasteiger partial charge in [-0.25, -0.2) is 9.67 Å². The van der Waals surface area contributed by atoms with E-state index in [1.165, 1.54) is 11.0 Å². The Morgan fingerprint density at radius 1 is 1.19 bits per heavy atom. The van der Waals surface area contributed by atoms with Gasteiger partial charge < -0.3 is 15.0 Å². The highest BCUT2D eigenvalue weighted by Gasteiger charge is 2.20. The molecular formula is C25H28ClN9O2. The molecule has 11 nitrogen and oxygen atoms in total. The summed E-state index contributed by atoms with van der Waals surface area (Å²) in [5.41, 5.74) is 3.99. The van der Waals surface area contributed by atoms with Gasteiger partial charge in [-0.1, -0.05) is 17.7 Å². The normalized spacial score (nSPS) is 14.2. The van der Waals surface area contributed by atoms with Crippen LogP contribution >= 0.6 is 11.6 Å². The quantitative estimate of drug-likeness (QED) is 0.376. The third-order valence-corrected chi connectivity index (χ3v) is 6.82. The topological polar surface area (TPSA) is 116 Å². The van der Waals surface area contributed by atoms with Gasteiger partial charge in [0, 0.05) is 43.7 Å². The number of methoxy groups -OCH3 is 1. The largest absolute Gasteiger partial charge is 0.381 e. The molecule has 0 spiro atoms. The van der Waals surface area contributed by atoms with Crippen LogP contribution in [0, 0.1) is 6.92 Å². The van der Waals surface area contributed by atoms with Gasteiger partial charge in [-0.2, -0.15) is 5.10 Å². The third-order valence-electron chi connectivity index (χ3n) is 6.58. The average Bonchev–Trinajstić information content (AvgIpc) is 3.61. The van der Waals surface area contributed by atoms with E-state index in [1.54, 1.807) is 36.3 Å². The number of pyridine rings is 1. The molecule has 0 bridgehead atoms. The van der Waals surface area contributed by atoms with E-state index in [4.69, 9.17) is 21.3 Å². The summed E-state index contributed by atoms with van der Waals surface area (Å²) in [7, 11) is 1.77. The number of anilines is 1. The molecule has 0 atom stereocenters.